The van der Waals surface area contributed by atoms with Crippen LogP contribution in [0, 0.1) is 6.92 Å². The fourth-order valence-electron chi connectivity index (χ4n) is 3.30. The van der Waals surface area contributed by atoms with E-state index in [2.05, 4.69) is 42.6 Å². The minimum Gasteiger partial charge on any atom is -0.336 e. The summed E-state index contributed by atoms with van der Waals surface area (Å²) in [6.07, 6.45) is 3.36. The molecule has 28 heavy (non-hydrogen) atoms. The van der Waals surface area contributed by atoms with Crippen molar-refractivity contribution in [2.24, 2.45) is 0 Å². The average Bonchev–Trinajstić information content (AvgIpc) is 3.38. The van der Waals surface area contributed by atoms with Crippen molar-refractivity contribution in [1.82, 2.24) is 29.5 Å². The van der Waals surface area contributed by atoms with Crippen LogP contribution >= 0.6 is 33.9 Å². The second-order valence-corrected chi connectivity index (χ2v) is 8.62. The summed E-state index contributed by atoms with van der Waals surface area (Å²) < 4.78 is 2.76. The zero-order chi connectivity index (χ0) is 19.5. The monoisotopic (exact) mass is 508 g/mol. The van der Waals surface area contributed by atoms with Gasteiger partial charge in [-0.2, -0.15) is 5.10 Å². The van der Waals surface area contributed by atoms with Crippen molar-refractivity contribution >= 4 is 39.8 Å². The Morgan fingerprint density at radius 2 is 2.07 bits per heavy atom. The number of nitrogens with zero attached hydrogens (tertiary/aromatic N) is 6. The second-order valence-electron chi connectivity index (χ2n) is 6.60. The van der Waals surface area contributed by atoms with Crippen molar-refractivity contribution in [3.05, 3.63) is 47.2 Å². The van der Waals surface area contributed by atoms with Crippen molar-refractivity contribution in [2.75, 3.05) is 37.2 Å². The Bertz CT molecular complexity index is 949. The summed E-state index contributed by atoms with van der Waals surface area (Å²) in [5.74, 6) is 0.515. The van der Waals surface area contributed by atoms with Crippen LogP contribution in [0.5, 0.6) is 0 Å². The lowest BCUT2D eigenvalue weighted by atomic mass is 10.2. The highest BCUT2D eigenvalue weighted by Crippen LogP contribution is 2.23. The second kappa shape index (κ2) is 8.66. The minimum absolute atomic E-state index is 0.0345. The van der Waals surface area contributed by atoms with Crippen LogP contribution in [-0.4, -0.2) is 72.6 Å². The lowest BCUT2D eigenvalue weighted by Gasteiger charge is -2.34. The molecule has 7 nitrogen and oxygen atoms in total. The molecule has 9 heteroatoms. The number of aromatic nitrogens is 4. The molecule has 1 aliphatic heterocycles. The van der Waals surface area contributed by atoms with Gasteiger partial charge >= 0.3 is 0 Å². The summed E-state index contributed by atoms with van der Waals surface area (Å²) in [6, 6.07) is 5.91. The molecule has 1 saturated heterocycles. The minimum atomic E-state index is 0.0345. The first-order chi connectivity index (χ1) is 13.7. The molecule has 0 spiro atoms. The predicted molar refractivity (Wildman–Crippen MR) is 118 cm³/mol. The molecular formula is C19H21IN6OS. The van der Waals surface area contributed by atoms with E-state index in [1.807, 2.05) is 35.4 Å². The zero-order valence-electron chi connectivity index (χ0n) is 15.6. The maximum atomic E-state index is 13.0. The SMILES string of the molecule is Cc1c(C(=O)N2CCN(CCI)CC2)cnn1-c1nccc(-c2cccs2)n1. The zero-order valence-corrected chi connectivity index (χ0v) is 18.6. The van der Waals surface area contributed by atoms with Gasteiger partial charge < -0.3 is 4.90 Å². The Morgan fingerprint density at radius 3 is 2.79 bits per heavy atom. The molecule has 3 aromatic rings. The Hall–Kier alpha value is -1.85. The quantitative estimate of drug-likeness (QED) is 0.392. The van der Waals surface area contributed by atoms with E-state index in [1.54, 1.807) is 28.4 Å². The molecule has 1 fully saturated rings. The third kappa shape index (κ3) is 3.96. The number of alkyl halides is 1. The number of hydrogen-bond donors (Lipinski definition) is 0. The van der Waals surface area contributed by atoms with E-state index >= 15 is 0 Å². The number of halogens is 1. The van der Waals surface area contributed by atoms with Crippen LogP contribution in [0.15, 0.2) is 36.0 Å². The number of rotatable bonds is 5. The maximum absolute atomic E-state index is 13.0. The lowest BCUT2D eigenvalue weighted by molar-refractivity contribution is 0.0644. The standard InChI is InChI=1S/C19H21IN6OS/c1-14-15(18(27)25-10-8-24(7-5-20)9-11-25)13-22-26(14)19-21-6-4-16(23-19)17-3-2-12-28-17/h2-4,6,12-13H,5,7-11H2,1H3. The van der Waals surface area contributed by atoms with E-state index < -0.39 is 0 Å². The highest BCUT2D eigenvalue weighted by Gasteiger charge is 2.25. The van der Waals surface area contributed by atoms with Gasteiger partial charge in [-0.05, 0) is 24.4 Å². The third-order valence-corrected chi connectivity index (χ3v) is 6.28. The molecule has 0 aliphatic carbocycles. The lowest BCUT2D eigenvalue weighted by Crippen LogP contribution is -2.49. The van der Waals surface area contributed by atoms with Gasteiger partial charge in [0.1, 0.15) is 0 Å². The van der Waals surface area contributed by atoms with Crippen LogP contribution in [0.25, 0.3) is 16.5 Å². The molecule has 0 radical (unpaired) electrons. The highest BCUT2D eigenvalue weighted by molar-refractivity contribution is 14.1. The van der Waals surface area contributed by atoms with Crippen molar-refractivity contribution in [1.29, 1.82) is 0 Å². The van der Waals surface area contributed by atoms with Crippen LogP contribution in [0.4, 0.5) is 0 Å². The molecule has 0 atom stereocenters. The van der Waals surface area contributed by atoms with Crippen LogP contribution in [0.1, 0.15) is 16.1 Å². The molecule has 0 unspecified atom stereocenters. The van der Waals surface area contributed by atoms with Crippen molar-refractivity contribution in [3.8, 4) is 16.5 Å². The van der Waals surface area contributed by atoms with E-state index in [4.69, 9.17) is 0 Å². The fraction of sp³-hybridized carbons (Fsp3) is 0.368. The van der Waals surface area contributed by atoms with Gasteiger partial charge in [-0.15, -0.1) is 11.3 Å². The topological polar surface area (TPSA) is 67.2 Å². The largest absolute Gasteiger partial charge is 0.336 e. The molecule has 0 saturated carbocycles. The van der Waals surface area contributed by atoms with Crippen molar-refractivity contribution < 1.29 is 4.79 Å². The summed E-state index contributed by atoms with van der Waals surface area (Å²) in [4.78, 5) is 27.4. The number of thiophene rings is 1. The maximum Gasteiger partial charge on any atom is 0.257 e. The van der Waals surface area contributed by atoms with E-state index in [-0.39, 0.29) is 5.91 Å². The van der Waals surface area contributed by atoms with Gasteiger partial charge in [-0.1, -0.05) is 28.7 Å². The Kier molecular flexibility index (Phi) is 6.02. The van der Waals surface area contributed by atoms with E-state index in [0.29, 0.717) is 11.5 Å². The highest BCUT2D eigenvalue weighted by atomic mass is 127. The molecule has 0 N–H and O–H groups in total. The van der Waals surface area contributed by atoms with Crippen LogP contribution in [-0.2, 0) is 0 Å². The average molecular weight is 508 g/mol. The normalized spacial score (nSPS) is 15.1. The summed E-state index contributed by atoms with van der Waals surface area (Å²) >= 11 is 4.02. The van der Waals surface area contributed by atoms with Crippen LogP contribution < -0.4 is 0 Å². The van der Waals surface area contributed by atoms with Crippen LogP contribution in [0.2, 0.25) is 0 Å². The number of piperazine rings is 1. The van der Waals surface area contributed by atoms with Crippen LogP contribution in [0.3, 0.4) is 0 Å². The molecule has 4 heterocycles. The fourth-order valence-corrected chi connectivity index (χ4v) is 4.68. The van der Waals surface area contributed by atoms with Crippen molar-refractivity contribution in [2.45, 2.75) is 6.92 Å². The van der Waals surface area contributed by atoms with E-state index in [0.717, 1.165) is 53.4 Å². The first kappa shape index (κ1) is 19.5. The summed E-state index contributed by atoms with van der Waals surface area (Å²) in [7, 11) is 0. The van der Waals surface area contributed by atoms with Gasteiger partial charge in [0.2, 0.25) is 0 Å². The summed E-state index contributed by atoms with van der Waals surface area (Å²) in [5.41, 5.74) is 2.24. The predicted octanol–water partition coefficient (Wildman–Crippen LogP) is 2.89. The summed E-state index contributed by atoms with van der Waals surface area (Å²) in [5, 5.41) is 6.43. The Balaban J connectivity index is 1.54. The van der Waals surface area contributed by atoms with E-state index in [9.17, 15) is 4.79 Å². The van der Waals surface area contributed by atoms with Gasteiger partial charge in [0.15, 0.2) is 0 Å². The molecule has 4 rings (SSSR count). The van der Waals surface area contributed by atoms with Gasteiger partial charge in [0.25, 0.3) is 11.9 Å². The molecule has 3 aromatic heterocycles. The third-order valence-electron chi connectivity index (χ3n) is 4.91. The molecule has 0 aromatic carbocycles. The molecule has 1 aliphatic rings. The first-order valence-corrected chi connectivity index (χ1v) is 11.6. The number of carbonyl (C=O) groups excluding carboxylic acids is 1. The van der Waals surface area contributed by atoms with Gasteiger partial charge in [-0.3, -0.25) is 9.69 Å². The first-order valence-electron chi connectivity index (χ1n) is 9.17. The van der Waals surface area contributed by atoms with Gasteiger partial charge in [-0.25, -0.2) is 14.6 Å². The molecular weight excluding hydrogens is 487 g/mol. The molecule has 146 valence electrons. The summed E-state index contributed by atoms with van der Waals surface area (Å²) in [6.45, 7) is 6.34. The van der Waals surface area contributed by atoms with Crippen molar-refractivity contribution in [3.63, 3.8) is 0 Å². The molecule has 1 amide bonds. The number of carbonyl (C=O) groups is 1. The van der Waals surface area contributed by atoms with E-state index in [1.165, 1.54) is 0 Å². The molecule has 0 bridgehead atoms. The Labute approximate surface area is 181 Å². The Morgan fingerprint density at radius 1 is 1.25 bits per heavy atom. The number of hydrogen-bond acceptors (Lipinski definition) is 6. The smallest absolute Gasteiger partial charge is 0.257 e. The van der Waals surface area contributed by atoms with Gasteiger partial charge in [0, 0.05) is 43.3 Å². The number of amides is 1. The van der Waals surface area contributed by atoms with Gasteiger partial charge in [0.05, 0.1) is 28.0 Å².